The minimum absolute atomic E-state index is 0.00519. The molecular weight excluding hydrogens is 198 g/mol. The van der Waals surface area contributed by atoms with Crippen molar-refractivity contribution in [3.05, 3.63) is 35.4 Å². The molecule has 0 heterocycles. The van der Waals surface area contributed by atoms with Gasteiger partial charge in [-0.05, 0) is 37.8 Å². The lowest BCUT2D eigenvalue weighted by Crippen LogP contribution is -2.30. The molecule has 1 unspecified atom stereocenters. The van der Waals surface area contributed by atoms with Crippen LogP contribution in [-0.2, 0) is 6.42 Å². The van der Waals surface area contributed by atoms with Crippen molar-refractivity contribution in [2.45, 2.75) is 31.8 Å². The van der Waals surface area contributed by atoms with Crippen molar-refractivity contribution < 1.29 is 13.9 Å². The summed E-state index contributed by atoms with van der Waals surface area (Å²) in [7, 11) is 0. The Bertz CT molecular complexity index is 350. The Morgan fingerprint density at radius 3 is 2.33 bits per heavy atom. The smallest absolute Gasteiger partial charge is 0.129 e. The van der Waals surface area contributed by atoms with Gasteiger partial charge in [-0.2, -0.15) is 0 Å². The first-order valence-corrected chi connectivity index (χ1v) is 5.16. The highest BCUT2D eigenvalue weighted by molar-refractivity contribution is 5.22. The molecule has 1 N–H and O–H groups in total. The standard InChI is InChI=1S/C12H14F2O/c1-12(15,8-5-6-8)7-9-10(13)3-2-4-11(9)14/h2-4,8,15H,5-7H2,1H3. The van der Waals surface area contributed by atoms with Crippen LogP contribution in [0.3, 0.4) is 0 Å². The van der Waals surface area contributed by atoms with E-state index in [-0.39, 0.29) is 17.9 Å². The summed E-state index contributed by atoms with van der Waals surface area (Å²) in [6.45, 7) is 1.65. The summed E-state index contributed by atoms with van der Waals surface area (Å²) in [5, 5.41) is 10.0. The summed E-state index contributed by atoms with van der Waals surface area (Å²) >= 11 is 0. The molecule has 2 rings (SSSR count). The number of rotatable bonds is 3. The van der Waals surface area contributed by atoms with Gasteiger partial charge in [-0.3, -0.25) is 0 Å². The Morgan fingerprint density at radius 1 is 1.33 bits per heavy atom. The van der Waals surface area contributed by atoms with Crippen LogP contribution < -0.4 is 0 Å². The van der Waals surface area contributed by atoms with Crippen molar-refractivity contribution in [2.75, 3.05) is 0 Å². The molecule has 1 saturated carbocycles. The van der Waals surface area contributed by atoms with Crippen molar-refractivity contribution in [1.82, 2.24) is 0 Å². The quantitative estimate of drug-likeness (QED) is 0.816. The van der Waals surface area contributed by atoms with Gasteiger partial charge in [-0.15, -0.1) is 0 Å². The van der Waals surface area contributed by atoms with Gasteiger partial charge in [0.15, 0.2) is 0 Å². The van der Waals surface area contributed by atoms with Gasteiger partial charge in [0.05, 0.1) is 5.60 Å². The number of hydrogen-bond donors (Lipinski definition) is 1. The molecule has 0 saturated heterocycles. The molecule has 1 atom stereocenters. The van der Waals surface area contributed by atoms with Crippen LogP contribution in [0.2, 0.25) is 0 Å². The maximum Gasteiger partial charge on any atom is 0.129 e. The maximum atomic E-state index is 13.3. The van der Waals surface area contributed by atoms with Crippen molar-refractivity contribution in [1.29, 1.82) is 0 Å². The normalized spacial score (nSPS) is 20.0. The van der Waals surface area contributed by atoms with Crippen LogP contribution in [0.25, 0.3) is 0 Å². The Kier molecular flexibility index (Phi) is 2.51. The molecular formula is C12H14F2O. The van der Waals surface area contributed by atoms with Gasteiger partial charge < -0.3 is 5.11 Å². The molecule has 1 aromatic carbocycles. The minimum atomic E-state index is -0.983. The van der Waals surface area contributed by atoms with E-state index in [4.69, 9.17) is 0 Å². The fraction of sp³-hybridized carbons (Fsp3) is 0.500. The predicted octanol–water partition coefficient (Wildman–Crippen LogP) is 2.67. The van der Waals surface area contributed by atoms with Crippen LogP contribution in [-0.4, -0.2) is 10.7 Å². The first kappa shape index (κ1) is 10.6. The molecule has 1 aliphatic carbocycles. The summed E-state index contributed by atoms with van der Waals surface area (Å²) in [6.07, 6.45) is 1.95. The molecule has 0 bridgehead atoms. The molecule has 0 amide bonds. The SMILES string of the molecule is CC(O)(Cc1c(F)cccc1F)C1CC1. The van der Waals surface area contributed by atoms with Gasteiger partial charge in [0.2, 0.25) is 0 Å². The van der Waals surface area contributed by atoms with Crippen LogP contribution >= 0.6 is 0 Å². The van der Waals surface area contributed by atoms with Crippen LogP contribution in [0.4, 0.5) is 8.78 Å². The van der Waals surface area contributed by atoms with E-state index in [2.05, 4.69) is 0 Å². The number of aliphatic hydroxyl groups is 1. The third-order valence-corrected chi connectivity index (χ3v) is 3.05. The summed E-state index contributed by atoms with van der Waals surface area (Å²) in [5.41, 5.74) is -0.988. The van der Waals surface area contributed by atoms with Gasteiger partial charge in [0.1, 0.15) is 11.6 Å². The van der Waals surface area contributed by atoms with Crippen molar-refractivity contribution >= 4 is 0 Å². The lowest BCUT2D eigenvalue weighted by molar-refractivity contribution is 0.0355. The average molecular weight is 212 g/mol. The molecule has 1 nitrogen and oxygen atoms in total. The molecule has 3 heteroatoms. The van der Waals surface area contributed by atoms with E-state index in [9.17, 15) is 13.9 Å². The largest absolute Gasteiger partial charge is 0.390 e. The highest BCUT2D eigenvalue weighted by Gasteiger charge is 2.40. The number of benzene rings is 1. The molecule has 0 aliphatic heterocycles. The zero-order valence-corrected chi connectivity index (χ0v) is 8.63. The van der Waals surface area contributed by atoms with Crippen LogP contribution in [0.5, 0.6) is 0 Å². The molecule has 15 heavy (non-hydrogen) atoms. The fourth-order valence-electron chi connectivity index (χ4n) is 1.91. The van der Waals surface area contributed by atoms with E-state index < -0.39 is 17.2 Å². The van der Waals surface area contributed by atoms with Gasteiger partial charge in [-0.1, -0.05) is 6.07 Å². The average Bonchev–Trinajstić information content (AvgIpc) is 2.94. The fourth-order valence-corrected chi connectivity index (χ4v) is 1.91. The van der Waals surface area contributed by atoms with Crippen LogP contribution in [0, 0.1) is 17.6 Å². The molecule has 1 aliphatic rings. The third-order valence-electron chi connectivity index (χ3n) is 3.05. The van der Waals surface area contributed by atoms with Gasteiger partial charge in [0.25, 0.3) is 0 Å². The molecule has 0 aromatic heterocycles. The van der Waals surface area contributed by atoms with Gasteiger partial charge in [0, 0.05) is 12.0 Å². The first-order valence-electron chi connectivity index (χ1n) is 5.16. The predicted molar refractivity (Wildman–Crippen MR) is 53.4 cm³/mol. The van der Waals surface area contributed by atoms with E-state index >= 15 is 0 Å². The lowest BCUT2D eigenvalue weighted by Gasteiger charge is -2.23. The van der Waals surface area contributed by atoms with E-state index in [1.54, 1.807) is 6.92 Å². The van der Waals surface area contributed by atoms with Gasteiger partial charge in [-0.25, -0.2) is 8.78 Å². The Labute approximate surface area is 87.7 Å². The first-order chi connectivity index (χ1) is 7.00. The summed E-state index contributed by atoms with van der Waals surface area (Å²) in [6, 6.07) is 3.78. The van der Waals surface area contributed by atoms with E-state index in [1.807, 2.05) is 0 Å². The topological polar surface area (TPSA) is 20.2 Å². The third kappa shape index (κ3) is 2.17. The second kappa shape index (κ2) is 3.56. The molecule has 1 fully saturated rings. The summed E-state index contributed by atoms with van der Waals surface area (Å²) in [4.78, 5) is 0. The number of hydrogen-bond acceptors (Lipinski definition) is 1. The monoisotopic (exact) mass is 212 g/mol. The second-order valence-electron chi connectivity index (χ2n) is 4.51. The highest BCUT2D eigenvalue weighted by Crippen LogP contribution is 2.41. The van der Waals surface area contributed by atoms with Crippen molar-refractivity contribution in [3.8, 4) is 0 Å². The summed E-state index contributed by atoms with van der Waals surface area (Å²) < 4.78 is 26.6. The Morgan fingerprint density at radius 2 is 1.87 bits per heavy atom. The van der Waals surface area contributed by atoms with E-state index in [1.165, 1.54) is 18.2 Å². The maximum absolute atomic E-state index is 13.3. The van der Waals surface area contributed by atoms with Crippen LogP contribution in [0.15, 0.2) is 18.2 Å². The zero-order valence-electron chi connectivity index (χ0n) is 8.63. The van der Waals surface area contributed by atoms with Crippen molar-refractivity contribution in [2.24, 2.45) is 5.92 Å². The van der Waals surface area contributed by atoms with E-state index in [0.29, 0.717) is 0 Å². The number of halogens is 2. The molecule has 1 aromatic rings. The van der Waals surface area contributed by atoms with Crippen molar-refractivity contribution in [3.63, 3.8) is 0 Å². The Hall–Kier alpha value is -0.960. The summed E-state index contributed by atoms with van der Waals surface area (Å²) in [5.74, 6) is -0.955. The molecule has 0 radical (unpaired) electrons. The molecule has 82 valence electrons. The molecule has 0 spiro atoms. The second-order valence-corrected chi connectivity index (χ2v) is 4.51. The minimum Gasteiger partial charge on any atom is -0.390 e. The zero-order chi connectivity index (χ0) is 11.1. The lowest BCUT2D eigenvalue weighted by atomic mass is 9.91. The van der Waals surface area contributed by atoms with E-state index in [0.717, 1.165) is 12.8 Å². The highest BCUT2D eigenvalue weighted by atomic mass is 19.1. The Balaban J connectivity index is 2.23. The van der Waals surface area contributed by atoms with Crippen LogP contribution in [0.1, 0.15) is 25.3 Å². The van der Waals surface area contributed by atoms with Gasteiger partial charge >= 0.3 is 0 Å².